The Morgan fingerprint density at radius 3 is 2.53 bits per heavy atom. The lowest BCUT2D eigenvalue weighted by atomic mass is 9.76. The second-order valence-corrected chi connectivity index (χ2v) is 9.25. The molecule has 3 aliphatic heterocycles. The number of fused-ring (bicyclic) bond motifs is 4. The zero-order valence-electron chi connectivity index (χ0n) is 16.2. The molecule has 6 nitrogen and oxygen atoms in total. The molecule has 5 rings (SSSR count). The van der Waals surface area contributed by atoms with E-state index in [1.807, 2.05) is 30.5 Å². The summed E-state index contributed by atoms with van der Waals surface area (Å²) >= 11 is 7.66. The van der Waals surface area contributed by atoms with E-state index in [4.69, 9.17) is 11.6 Å². The fourth-order valence-electron chi connectivity index (χ4n) is 5.10. The lowest BCUT2D eigenvalue weighted by Crippen LogP contribution is -2.53. The highest BCUT2D eigenvalue weighted by molar-refractivity contribution is 7.98. The van der Waals surface area contributed by atoms with Crippen LogP contribution in [0, 0.1) is 11.8 Å². The lowest BCUT2D eigenvalue weighted by molar-refractivity contribution is -0.130. The van der Waals surface area contributed by atoms with Crippen molar-refractivity contribution in [2.24, 2.45) is 11.8 Å². The van der Waals surface area contributed by atoms with Gasteiger partial charge < -0.3 is 5.32 Å². The quantitative estimate of drug-likeness (QED) is 0.713. The molecular formula is C22H20ClN3O3S. The minimum absolute atomic E-state index is 0.264. The fraction of sp³-hybridized carbons (Fsp3) is 0.318. The van der Waals surface area contributed by atoms with Gasteiger partial charge in [0.1, 0.15) is 5.54 Å². The molecule has 0 aliphatic carbocycles. The first kappa shape index (κ1) is 19.6. The first-order valence-electron chi connectivity index (χ1n) is 9.80. The predicted molar refractivity (Wildman–Crippen MR) is 118 cm³/mol. The average molecular weight is 442 g/mol. The van der Waals surface area contributed by atoms with Crippen LogP contribution in [0.5, 0.6) is 0 Å². The third-order valence-corrected chi connectivity index (χ3v) is 7.24. The Balaban J connectivity index is 1.64. The molecule has 3 aliphatic rings. The first-order chi connectivity index (χ1) is 14.5. The second kappa shape index (κ2) is 7.11. The van der Waals surface area contributed by atoms with Crippen molar-refractivity contribution in [3.05, 3.63) is 59.1 Å². The van der Waals surface area contributed by atoms with Crippen molar-refractivity contribution >= 4 is 52.5 Å². The van der Waals surface area contributed by atoms with E-state index in [1.54, 1.807) is 36.0 Å². The van der Waals surface area contributed by atoms with Gasteiger partial charge in [-0.2, -0.15) is 11.8 Å². The zero-order chi connectivity index (χ0) is 21.0. The number of nitrogens with one attached hydrogen (secondary N) is 2. The average Bonchev–Trinajstić information content (AvgIpc) is 3.32. The third-order valence-electron chi connectivity index (χ3n) is 6.34. The van der Waals surface area contributed by atoms with E-state index in [1.165, 1.54) is 4.90 Å². The van der Waals surface area contributed by atoms with Crippen LogP contribution in [0.2, 0.25) is 5.02 Å². The number of carbonyl (C=O) groups excluding carboxylic acids is 3. The molecule has 2 N–H and O–H groups in total. The van der Waals surface area contributed by atoms with Gasteiger partial charge in [0.2, 0.25) is 17.7 Å². The van der Waals surface area contributed by atoms with Crippen LogP contribution in [0.1, 0.15) is 12.0 Å². The van der Waals surface area contributed by atoms with Gasteiger partial charge in [-0.05, 0) is 48.8 Å². The minimum atomic E-state index is -1.24. The summed E-state index contributed by atoms with van der Waals surface area (Å²) in [7, 11) is 0. The number of carbonyl (C=O) groups is 3. The maximum Gasteiger partial charge on any atom is 0.250 e. The molecule has 1 spiro atoms. The van der Waals surface area contributed by atoms with E-state index in [-0.39, 0.29) is 23.8 Å². The van der Waals surface area contributed by atoms with Gasteiger partial charge in [-0.1, -0.05) is 29.8 Å². The Morgan fingerprint density at radius 2 is 1.80 bits per heavy atom. The Morgan fingerprint density at radius 1 is 1.07 bits per heavy atom. The normalized spacial score (nSPS) is 29.5. The summed E-state index contributed by atoms with van der Waals surface area (Å²) in [5.74, 6) is -1.46. The van der Waals surface area contributed by atoms with Crippen LogP contribution in [-0.2, 0) is 19.9 Å². The first-order valence-corrected chi connectivity index (χ1v) is 11.6. The van der Waals surface area contributed by atoms with E-state index >= 15 is 0 Å². The molecule has 30 heavy (non-hydrogen) atoms. The van der Waals surface area contributed by atoms with Gasteiger partial charge in [-0.25, -0.2) is 4.90 Å². The molecule has 2 aromatic carbocycles. The molecule has 3 heterocycles. The Kier molecular flexibility index (Phi) is 4.65. The van der Waals surface area contributed by atoms with E-state index in [9.17, 15) is 14.4 Å². The van der Waals surface area contributed by atoms with Crippen molar-refractivity contribution < 1.29 is 14.4 Å². The largest absolute Gasteiger partial charge is 0.324 e. The van der Waals surface area contributed by atoms with Crippen molar-refractivity contribution in [2.75, 3.05) is 22.2 Å². The summed E-state index contributed by atoms with van der Waals surface area (Å²) in [6.45, 7) is 0. The van der Waals surface area contributed by atoms with E-state index in [2.05, 4.69) is 10.6 Å². The number of nitrogens with zero attached hydrogens (tertiary/aromatic N) is 1. The van der Waals surface area contributed by atoms with Crippen molar-refractivity contribution in [2.45, 2.75) is 18.0 Å². The predicted octanol–water partition coefficient (Wildman–Crippen LogP) is 3.02. The summed E-state index contributed by atoms with van der Waals surface area (Å²) in [6.07, 6.45) is 2.69. The van der Waals surface area contributed by atoms with Crippen LogP contribution < -0.4 is 15.5 Å². The van der Waals surface area contributed by atoms with Crippen molar-refractivity contribution in [1.29, 1.82) is 0 Å². The second-order valence-electron chi connectivity index (χ2n) is 7.83. The Labute approximate surface area is 183 Å². The number of benzene rings is 2. The molecule has 0 aromatic heterocycles. The van der Waals surface area contributed by atoms with E-state index in [0.717, 1.165) is 11.3 Å². The van der Waals surface area contributed by atoms with Crippen LogP contribution in [0.15, 0.2) is 48.5 Å². The van der Waals surface area contributed by atoms with Crippen LogP contribution in [0.25, 0.3) is 0 Å². The molecular weight excluding hydrogens is 422 g/mol. The molecule has 0 radical (unpaired) electrons. The van der Waals surface area contributed by atoms with Crippen molar-refractivity contribution in [3.63, 3.8) is 0 Å². The molecule has 154 valence electrons. The smallest absolute Gasteiger partial charge is 0.250 e. The number of para-hydroxylation sites is 1. The summed E-state index contributed by atoms with van der Waals surface area (Å²) in [6, 6.07) is 13.8. The molecule has 8 heteroatoms. The number of thioether (sulfide) groups is 1. The van der Waals surface area contributed by atoms with Gasteiger partial charge in [-0.3, -0.25) is 19.7 Å². The number of imide groups is 1. The topological polar surface area (TPSA) is 78.5 Å². The Hall–Kier alpha value is -2.35. The van der Waals surface area contributed by atoms with Gasteiger partial charge >= 0.3 is 0 Å². The van der Waals surface area contributed by atoms with Gasteiger partial charge in [0.15, 0.2) is 0 Å². The third kappa shape index (κ3) is 2.58. The van der Waals surface area contributed by atoms with Gasteiger partial charge in [0.25, 0.3) is 0 Å². The standard InChI is InChI=1S/C22H20ClN3O3S/c1-30-11-10-16-17-18(20(28)26(19(17)27)13-8-6-12(23)7-9-13)22(25-16)14-4-2-3-5-15(14)24-21(22)29/h2-9,16-18,25H,10-11H2,1H3,(H,24,29)/t16-,17+,18+,22-/m1/s1. The highest BCUT2D eigenvalue weighted by atomic mass is 35.5. The highest BCUT2D eigenvalue weighted by Gasteiger charge is 2.70. The minimum Gasteiger partial charge on any atom is -0.324 e. The maximum atomic E-state index is 13.7. The number of hydrogen-bond acceptors (Lipinski definition) is 5. The molecule has 2 aromatic rings. The van der Waals surface area contributed by atoms with Gasteiger partial charge in [0, 0.05) is 22.3 Å². The molecule has 0 bridgehead atoms. The number of rotatable bonds is 4. The van der Waals surface area contributed by atoms with E-state index in [0.29, 0.717) is 22.8 Å². The summed E-state index contributed by atoms with van der Waals surface area (Å²) in [5, 5.41) is 6.87. The summed E-state index contributed by atoms with van der Waals surface area (Å²) in [4.78, 5) is 41.7. The maximum absolute atomic E-state index is 13.7. The molecule has 3 amide bonds. The van der Waals surface area contributed by atoms with Crippen molar-refractivity contribution in [1.82, 2.24) is 5.32 Å². The zero-order valence-corrected chi connectivity index (χ0v) is 17.8. The number of amides is 3. The molecule has 2 saturated heterocycles. The SMILES string of the molecule is CSCC[C@H]1N[C@@]2(C(=O)Nc3ccccc32)[C@@H]2C(=O)N(c3ccc(Cl)cc3)C(=O)[C@H]21. The summed E-state index contributed by atoms with van der Waals surface area (Å²) in [5.41, 5.74) is 0.660. The molecule has 2 fully saturated rings. The van der Waals surface area contributed by atoms with Crippen LogP contribution >= 0.6 is 23.4 Å². The van der Waals surface area contributed by atoms with Gasteiger partial charge in [0.05, 0.1) is 17.5 Å². The molecule has 4 atom stereocenters. The molecule has 0 unspecified atom stereocenters. The molecule has 0 saturated carbocycles. The van der Waals surface area contributed by atoms with Crippen LogP contribution in [-0.4, -0.2) is 35.8 Å². The Bertz CT molecular complexity index is 1060. The number of halogens is 1. The monoisotopic (exact) mass is 441 g/mol. The number of anilines is 2. The lowest BCUT2D eigenvalue weighted by Gasteiger charge is -2.29. The summed E-state index contributed by atoms with van der Waals surface area (Å²) < 4.78 is 0. The highest BCUT2D eigenvalue weighted by Crippen LogP contribution is 2.53. The van der Waals surface area contributed by atoms with Gasteiger partial charge in [-0.15, -0.1) is 0 Å². The number of hydrogen-bond donors (Lipinski definition) is 2. The van der Waals surface area contributed by atoms with Crippen LogP contribution in [0.4, 0.5) is 11.4 Å². The van der Waals surface area contributed by atoms with Crippen molar-refractivity contribution in [3.8, 4) is 0 Å². The van der Waals surface area contributed by atoms with Crippen LogP contribution in [0.3, 0.4) is 0 Å². The fourth-order valence-corrected chi connectivity index (χ4v) is 5.71. The van der Waals surface area contributed by atoms with E-state index < -0.39 is 17.4 Å².